The Kier molecular flexibility index (Phi) is 6.23. The molecule has 1 aromatic carbocycles. The molecule has 2 saturated heterocycles. The number of hydrogen-bond donors (Lipinski definition) is 2. The van der Waals surface area contributed by atoms with Crippen LogP contribution in [0.4, 0.5) is 5.82 Å². The molecule has 2 aromatic rings. The highest BCUT2D eigenvalue weighted by Crippen LogP contribution is 2.32. The van der Waals surface area contributed by atoms with Crippen molar-refractivity contribution in [1.29, 1.82) is 0 Å². The Labute approximate surface area is 183 Å². The molecule has 0 saturated carbocycles. The third kappa shape index (κ3) is 4.88. The lowest BCUT2D eigenvalue weighted by molar-refractivity contribution is -0.123. The molecule has 7 heteroatoms. The Hall–Kier alpha value is -2.93. The first-order valence-corrected chi connectivity index (χ1v) is 11.0. The number of rotatable bonds is 5. The number of carbonyl (C=O) groups is 1. The van der Waals surface area contributed by atoms with Crippen molar-refractivity contribution in [3.63, 3.8) is 0 Å². The molecule has 164 valence electrons. The largest absolute Gasteiger partial charge is 0.507 e. The summed E-state index contributed by atoms with van der Waals surface area (Å²) in [5.41, 5.74) is 1.99. The topological polar surface area (TPSA) is 81.6 Å². The number of hydrogen-bond acceptors (Lipinski definition) is 6. The first-order chi connectivity index (χ1) is 14.9. The summed E-state index contributed by atoms with van der Waals surface area (Å²) >= 11 is 0. The van der Waals surface area contributed by atoms with Gasteiger partial charge < -0.3 is 20.2 Å². The lowest BCUT2D eigenvalue weighted by atomic mass is 9.83. The Morgan fingerprint density at radius 2 is 1.84 bits per heavy atom. The van der Waals surface area contributed by atoms with Gasteiger partial charge in [-0.3, -0.25) is 4.79 Å². The summed E-state index contributed by atoms with van der Waals surface area (Å²) in [6.07, 6.45) is 9.30. The summed E-state index contributed by atoms with van der Waals surface area (Å²) in [6.45, 7) is 0. The number of aromatic nitrogens is 2. The number of carbonyl (C=O) groups excluding carboxylic acids is 1. The molecule has 3 atom stereocenters. The van der Waals surface area contributed by atoms with Crippen molar-refractivity contribution in [2.24, 2.45) is 0 Å². The van der Waals surface area contributed by atoms with Crippen molar-refractivity contribution in [2.75, 3.05) is 26.0 Å². The van der Waals surface area contributed by atoms with Crippen LogP contribution < -0.4 is 10.2 Å². The number of nitrogens with zero attached hydrogens (tertiary/aromatic N) is 4. The Morgan fingerprint density at radius 1 is 1.10 bits per heavy atom. The lowest BCUT2D eigenvalue weighted by Crippen LogP contribution is -2.54. The van der Waals surface area contributed by atoms with E-state index < -0.39 is 0 Å². The number of benzene rings is 1. The van der Waals surface area contributed by atoms with Crippen molar-refractivity contribution >= 4 is 17.8 Å². The van der Waals surface area contributed by atoms with Gasteiger partial charge in [-0.15, -0.1) is 10.2 Å². The van der Waals surface area contributed by atoms with Crippen LogP contribution >= 0.6 is 0 Å². The number of fused-ring (bicyclic) bond motifs is 2. The number of likely N-dealkylation sites (N-methyl/N-ethyl adjacent to an activating group) is 1. The fourth-order valence-corrected chi connectivity index (χ4v) is 4.58. The summed E-state index contributed by atoms with van der Waals surface area (Å²) in [5.74, 6) is 0.863. The summed E-state index contributed by atoms with van der Waals surface area (Å²) in [5, 5.41) is 23.0. The maximum absolute atomic E-state index is 11.7. The van der Waals surface area contributed by atoms with Crippen LogP contribution in [0.1, 0.15) is 37.7 Å². The number of amides is 1. The van der Waals surface area contributed by atoms with Crippen molar-refractivity contribution in [3.05, 3.63) is 42.0 Å². The second-order valence-electron chi connectivity index (χ2n) is 8.85. The number of phenolic OH excluding ortho intramolecular Hbond substituents is 1. The van der Waals surface area contributed by atoms with E-state index in [4.69, 9.17) is 0 Å². The van der Waals surface area contributed by atoms with E-state index in [1.165, 1.54) is 30.2 Å². The van der Waals surface area contributed by atoms with E-state index in [1.54, 1.807) is 32.3 Å². The van der Waals surface area contributed by atoms with Crippen LogP contribution in [0.2, 0.25) is 0 Å². The quantitative estimate of drug-likeness (QED) is 0.722. The van der Waals surface area contributed by atoms with Gasteiger partial charge >= 0.3 is 0 Å². The predicted molar refractivity (Wildman–Crippen MR) is 123 cm³/mol. The van der Waals surface area contributed by atoms with Gasteiger partial charge in [-0.05, 0) is 61.6 Å². The summed E-state index contributed by atoms with van der Waals surface area (Å²) in [4.78, 5) is 15.4. The first kappa shape index (κ1) is 21.3. The monoisotopic (exact) mass is 421 g/mol. The van der Waals surface area contributed by atoms with Gasteiger partial charge in [-0.2, -0.15) is 0 Å². The SMILES string of the molecule is CN(C)C(=O)/C=C/c1ccc(-c2ccc(N(C)[C@H]3C[C@H]4CCC[C@@H](C3)N4)nn2)c(O)c1. The highest BCUT2D eigenvalue weighted by Gasteiger charge is 2.33. The molecule has 1 aromatic heterocycles. The van der Waals surface area contributed by atoms with Crippen LogP contribution in [0.15, 0.2) is 36.4 Å². The number of piperidine rings is 2. The number of nitrogens with one attached hydrogen (secondary N) is 1. The van der Waals surface area contributed by atoms with E-state index in [2.05, 4.69) is 27.5 Å². The van der Waals surface area contributed by atoms with Gasteiger partial charge in [0.15, 0.2) is 5.82 Å². The molecule has 2 aliphatic rings. The Balaban J connectivity index is 1.46. The zero-order chi connectivity index (χ0) is 22.0. The van der Waals surface area contributed by atoms with Crippen molar-refractivity contribution in [2.45, 2.75) is 50.2 Å². The predicted octanol–water partition coefficient (Wildman–Crippen LogP) is 3.06. The second-order valence-corrected chi connectivity index (χ2v) is 8.85. The molecule has 0 spiro atoms. The van der Waals surface area contributed by atoms with Crippen LogP contribution in [0.5, 0.6) is 5.75 Å². The molecule has 4 rings (SSSR count). The molecule has 31 heavy (non-hydrogen) atoms. The van der Waals surface area contributed by atoms with Gasteiger partial charge in [-0.1, -0.05) is 12.5 Å². The highest BCUT2D eigenvalue weighted by molar-refractivity contribution is 5.91. The van der Waals surface area contributed by atoms with Gasteiger partial charge in [0.05, 0.1) is 5.69 Å². The molecule has 2 N–H and O–H groups in total. The number of aromatic hydroxyl groups is 1. The molecule has 2 fully saturated rings. The van der Waals surface area contributed by atoms with E-state index in [-0.39, 0.29) is 11.7 Å². The minimum Gasteiger partial charge on any atom is -0.507 e. The third-order valence-corrected chi connectivity index (χ3v) is 6.41. The maximum Gasteiger partial charge on any atom is 0.246 e. The molecule has 1 amide bonds. The smallest absolute Gasteiger partial charge is 0.246 e. The number of phenols is 1. The molecular weight excluding hydrogens is 390 g/mol. The van der Waals surface area contributed by atoms with Gasteiger partial charge in [0.2, 0.25) is 5.91 Å². The van der Waals surface area contributed by atoms with Gasteiger partial charge in [0.25, 0.3) is 0 Å². The Morgan fingerprint density at radius 3 is 2.45 bits per heavy atom. The average molecular weight is 422 g/mol. The van der Waals surface area contributed by atoms with Crippen molar-refractivity contribution in [3.8, 4) is 17.0 Å². The van der Waals surface area contributed by atoms with Gasteiger partial charge in [0.1, 0.15) is 5.75 Å². The van der Waals surface area contributed by atoms with Crippen LogP contribution in [0, 0.1) is 0 Å². The molecule has 0 unspecified atom stereocenters. The Bertz CT molecular complexity index is 945. The lowest BCUT2D eigenvalue weighted by Gasteiger charge is -2.43. The molecule has 0 aliphatic carbocycles. The molecule has 7 nitrogen and oxygen atoms in total. The van der Waals surface area contributed by atoms with E-state index in [0.717, 1.165) is 24.2 Å². The normalized spacial score (nSPS) is 23.0. The summed E-state index contributed by atoms with van der Waals surface area (Å²) in [7, 11) is 5.50. The molecule has 3 heterocycles. The van der Waals surface area contributed by atoms with E-state index in [9.17, 15) is 9.90 Å². The highest BCUT2D eigenvalue weighted by atomic mass is 16.3. The van der Waals surface area contributed by atoms with Crippen LogP contribution in [-0.4, -0.2) is 65.4 Å². The van der Waals surface area contributed by atoms with Gasteiger partial charge in [-0.25, -0.2) is 0 Å². The fraction of sp³-hybridized carbons (Fsp3) is 0.458. The average Bonchev–Trinajstić information content (AvgIpc) is 2.77. The third-order valence-electron chi connectivity index (χ3n) is 6.41. The standard InChI is InChI=1S/C24H31N5O2/c1-28(2)24(31)12-8-16-7-9-20(22(30)13-16)21-10-11-23(27-26-21)29(3)19-14-17-5-4-6-18(15-19)25-17/h7-13,17-19,25,30H,4-6,14-15H2,1-3H3/b12-8+/t17-,18+,19+. The fourth-order valence-electron chi connectivity index (χ4n) is 4.58. The van der Waals surface area contributed by atoms with Gasteiger partial charge in [0, 0.05) is 50.9 Å². The molecule has 2 aliphatic heterocycles. The molecular formula is C24H31N5O2. The minimum absolute atomic E-state index is 0.105. The zero-order valence-corrected chi connectivity index (χ0v) is 18.5. The molecule has 2 bridgehead atoms. The molecule has 0 radical (unpaired) electrons. The second kappa shape index (κ2) is 9.06. The van der Waals surface area contributed by atoms with E-state index in [0.29, 0.717) is 29.4 Å². The van der Waals surface area contributed by atoms with Crippen molar-refractivity contribution < 1.29 is 9.90 Å². The van der Waals surface area contributed by atoms with Crippen LogP contribution in [-0.2, 0) is 4.79 Å². The summed E-state index contributed by atoms with van der Waals surface area (Å²) in [6, 6.07) is 10.9. The minimum atomic E-state index is -0.105. The maximum atomic E-state index is 11.7. The van der Waals surface area contributed by atoms with E-state index >= 15 is 0 Å². The number of anilines is 1. The first-order valence-electron chi connectivity index (χ1n) is 11.0. The van der Waals surface area contributed by atoms with Crippen LogP contribution in [0.25, 0.3) is 17.3 Å². The zero-order valence-electron chi connectivity index (χ0n) is 18.5. The van der Waals surface area contributed by atoms with Crippen molar-refractivity contribution in [1.82, 2.24) is 20.4 Å². The summed E-state index contributed by atoms with van der Waals surface area (Å²) < 4.78 is 0. The van der Waals surface area contributed by atoms with Crippen LogP contribution in [0.3, 0.4) is 0 Å². The van der Waals surface area contributed by atoms with E-state index in [1.807, 2.05) is 18.2 Å².